The first-order chi connectivity index (χ1) is 8.24. The summed E-state index contributed by atoms with van der Waals surface area (Å²) in [4.78, 5) is 11.6. The van der Waals surface area contributed by atoms with E-state index in [2.05, 4.69) is 10.6 Å². The van der Waals surface area contributed by atoms with Gasteiger partial charge in [0.05, 0.1) is 6.61 Å². The van der Waals surface area contributed by atoms with E-state index in [4.69, 9.17) is 9.47 Å². The van der Waals surface area contributed by atoms with Crippen molar-refractivity contribution in [3.63, 3.8) is 0 Å². The van der Waals surface area contributed by atoms with Gasteiger partial charge in [0.15, 0.2) is 0 Å². The number of hydrogen-bond acceptors (Lipinski definition) is 4. The van der Waals surface area contributed by atoms with Crippen LogP contribution in [0.25, 0.3) is 0 Å². The molecule has 1 saturated heterocycles. The summed E-state index contributed by atoms with van der Waals surface area (Å²) in [6.45, 7) is 4.78. The lowest BCUT2D eigenvalue weighted by Crippen LogP contribution is -2.38. The van der Waals surface area contributed by atoms with E-state index in [1.807, 2.05) is 0 Å². The SMILES string of the molecule is COCCCNC(=O)C(C)OCC1CCCN1. The molecular formula is C12H24N2O3. The zero-order chi connectivity index (χ0) is 12.5. The Hall–Kier alpha value is -0.650. The molecule has 2 N–H and O–H groups in total. The number of nitrogens with one attached hydrogen (secondary N) is 2. The van der Waals surface area contributed by atoms with Gasteiger partial charge in [0.1, 0.15) is 6.10 Å². The average Bonchev–Trinajstić information content (AvgIpc) is 2.84. The van der Waals surface area contributed by atoms with E-state index in [9.17, 15) is 4.79 Å². The Kier molecular flexibility index (Phi) is 7.16. The van der Waals surface area contributed by atoms with Crippen molar-refractivity contribution in [3.8, 4) is 0 Å². The fraction of sp³-hybridized carbons (Fsp3) is 0.917. The smallest absolute Gasteiger partial charge is 0.248 e. The summed E-state index contributed by atoms with van der Waals surface area (Å²) in [5, 5.41) is 6.17. The number of rotatable bonds is 8. The van der Waals surface area contributed by atoms with E-state index < -0.39 is 0 Å². The summed E-state index contributed by atoms with van der Waals surface area (Å²) in [6.07, 6.45) is 2.80. The third kappa shape index (κ3) is 6.00. The normalized spacial score (nSPS) is 21.4. The molecule has 100 valence electrons. The van der Waals surface area contributed by atoms with Crippen LogP contribution in [0.2, 0.25) is 0 Å². The van der Waals surface area contributed by atoms with E-state index in [-0.39, 0.29) is 12.0 Å². The van der Waals surface area contributed by atoms with Crippen LogP contribution in [0.15, 0.2) is 0 Å². The van der Waals surface area contributed by atoms with Crippen LogP contribution in [0.4, 0.5) is 0 Å². The maximum atomic E-state index is 11.6. The third-order valence-electron chi connectivity index (χ3n) is 2.90. The standard InChI is InChI=1S/C12H24N2O3/c1-10(12(15)14-7-4-8-16-2)17-9-11-5-3-6-13-11/h10-11,13H,3-9H2,1-2H3,(H,14,15). The van der Waals surface area contributed by atoms with Gasteiger partial charge in [-0.05, 0) is 32.7 Å². The number of carbonyl (C=O) groups excluding carboxylic acids is 1. The average molecular weight is 244 g/mol. The lowest BCUT2D eigenvalue weighted by molar-refractivity contribution is -0.132. The van der Waals surface area contributed by atoms with Crippen LogP contribution < -0.4 is 10.6 Å². The molecule has 0 aromatic rings. The zero-order valence-electron chi connectivity index (χ0n) is 10.8. The Labute approximate surface area is 103 Å². The van der Waals surface area contributed by atoms with Crippen LogP contribution in [-0.2, 0) is 14.3 Å². The van der Waals surface area contributed by atoms with Crippen molar-refractivity contribution in [1.29, 1.82) is 0 Å². The van der Waals surface area contributed by atoms with Gasteiger partial charge in [0.2, 0.25) is 5.91 Å². The molecular weight excluding hydrogens is 220 g/mol. The summed E-state index contributed by atoms with van der Waals surface area (Å²) in [5.41, 5.74) is 0. The Morgan fingerprint density at radius 1 is 1.59 bits per heavy atom. The summed E-state index contributed by atoms with van der Waals surface area (Å²) in [7, 11) is 1.65. The minimum atomic E-state index is -0.375. The van der Waals surface area contributed by atoms with E-state index in [1.165, 1.54) is 6.42 Å². The van der Waals surface area contributed by atoms with Crippen LogP contribution in [0.5, 0.6) is 0 Å². The Bertz CT molecular complexity index is 218. The topological polar surface area (TPSA) is 59.6 Å². The van der Waals surface area contributed by atoms with E-state index >= 15 is 0 Å². The van der Waals surface area contributed by atoms with E-state index in [0.717, 1.165) is 19.4 Å². The molecule has 17 heavy (non-hydrogen) atoms. The highest BCUT2D eigenvalue weighted by molar-refractivity contribution is 5.80. The van der Waals surface area contributed by atoms with Gasteiger partial charge in [-0.1, -0.05) is 0 Å². The monoisotopic (exact) mass is 244 g/mol. The predicted molar refractivity (Wildman–Crippen MR) is 65.9 cm³/mol. The summed E-state index contributed by atoms with van der Waals surface area (Å²) >= 11 is 0. The number of amides is 1. The first-order valence-corrected chi connectivity index (χ1v) is 6.35. The molecule has 0 spiro atoms. The number of ether oxygens (including phenoxy) is 2. The van der Waals surface area contributed by atoms with Crippen LogP contribution >= 0.6 is 0 Å². The third-order valence-corrected chi connectivity index (χ3v) is 2.90. The second kappa shape index (κ2) is 8.44. The Morgan fingerprint density at radius 3 is 3.06 bits per heavy atom. The van der Waals surface area contributed by atoms with Gasteiger partial charge in [-0.3, -0.25) is 4.79 Å². The molecule has 0 bridgehead atoms. The predicted octanol–water partition coefficient (Wildman–Crippen LogP) is 0.296. The van der Waals surface area contributed by atoms with Gasteiger partial charge in [0.25, 0.3) is 0 Å². The quantitative estimate of drug-likeness (QED) is 0.603. The first kappa shape index (κ1) is 14.4. The van der Waals surface area contributed by atoms with Gasteiger partial charge in [-0.25, -0.2) is 0 Å². The van der Waals surface area contributed by atoms with Crippen molar-refractivity contribution >= 4 is 5.91 Å². The highest BCUT2D eigenvalue weighted by atomic mass is 16.5. The molecule has 5 nitrogen and oxygen atoms in total. The molecule has 1 aliphatic rings. The van der Waals surface area contributed by atoms with Gasteiger partial charge in [0, 0.05) is 26.3 Å². The molecule has 1 rings (SSSR count). The maximum Gasteiger partial charge on any atom is 0.248 e. The van der Waals surface area contributed by atoms with Crippen molar-refractivity contribution in [1.82, 2.24) is 10.6 Å². The lowest BCUT2D eigenvalue weighted by atomic mass is 10.2. The molecule has 1 amide bonds. The molecule has 0 aromatic heterocycles. The molecule has 1 fully saturated rings. The van der Waals surface area contributed by atoms with E-state index in [0.29, 0.717) is 25.8 Å². The second-order valence-corrected chi connectivity index (χ2v) is 4.41. The van der Waals surface area contributed by atoms with Gasteiger partial charge in [-0.2, -0.15) is 0 Å². The molecule has 0 saturated carbocycles. The minimum absolute atomic E-state index is 0.0425. The maximum absolute atomic E-state index is 11.6. The first-order valence-electron chi connectivity index (χ1n) is 6.35. The van der Waals surface area contributed by atoms with E-state index in [1.54, 1.807) is 14.0 Å². The Morgan fingerprint density at radius 2 is 2.41 bits per heavy atom. The van der Waals surface area contributed by atoms with Crippen molar-refractivity contribution < 1.29 is 14.3 Å². The summed E-state index contributed by atoms with van der Waals surface area (Å²) in [6, 6.07) is 0.416. The van der Waals surface area contributed by atoms with Crippen LogP contribution in [0.3, 0.4) is 0 Å². The molecule has 2 atom stereocenters. The molecule has 1 heterocycles. The van der Waals surface area contributed by atoms with Gasteiger partial charge >= 0.3 is 0 Å². The van der Waals surface area contributed by atoms with Crippen molar-refractivity contribution in [2.24, 2.45) is 0 Å². The van der Waals surface area contributed by atoms with Crippen LogP contribution in [0.1, 0.15) is 26.2 Å². The van der Waals surface area contributed by atoms with Gasteiger partial charge in [-0.15, -0.1) is 0 Å². The Balaban J connectivity index is 2.04. The van der Waals surface area contributed by atoms with Crippen molar-refractivity contribution in [2.75, 3.05) is 33.4 Å². The van der Waals surface area contributed by atoms with Gasteiger partial charge < -0.3 is 20.1 Å². The lowest BCUT2D eigenvalue weighted by Gasteiger charge is -2.16. The van der Waals surface area contributed by atoms with Crippen LogP contribution in [0, 0.1) is 0 Å². The largest absolute Gasteiger partial charge is 0.385 e. The molecule has 0 aliphatic carbocycles. The molecule has 0 radical (unpaired) electrons. The summed E-state index contributed by atoms with van der Waals surface area (Å²) < 4.78 is 10.4. The fourth-order valence-electron chi connectivity index (χ4n) is 1.81. The zero-order valence-corrected chi connectivity index (χ0v) is 10.8. The van der Waals surface area contributed by atoms with Crippen molar-refractivity contribution in [3.05, 3.63) is 0 Å². The highest BCUT2D eigenvalue weighted by Gasteiger charge is 2.18. The number of hydrogen-bond donors (Lipinski definition) is 2. The molecule has 2 unspecified atom stereocenters. The summed E-state index contributed by atoms with van der Waals surface area (Å²) in [5.74, 6) is -0.0425. The molecule has 1 aliphatic heterocycles. The number of carbonyl (C=O) groups is 1. The fourth-order valence-corrected chi connectivity index (χ4v) is 1.81. The highest BCUT2D eigenvalue weighted by Crippen LogP contribution is 2.06. The second-order valence-electron chi connectivity index (χ2n) is 4.41. The molecule has 0 aromatic carbocycles. The van der Waals surface area contributed by atoms with Crippen LogP contribution in [-0.4, -0.2) is 51.5 Å². The minimum Gasteiger partial charge on any atom is -0.385 e. The van der Waals surface area contributed by atoms with Crippen molar-refractivity contribution in [2.45, 2.75) is 38.3 Å². The molecule has 5 heteroatoms. The number of methoxy groups -OCH3 is 1.